The molecule has 0 aliphatic heterocycles. The van der Waals surface area contributed by atoms with Crippen LogP contribution in [0, 0.1) is 0 Å². The first kappa shape index (κ1) is 20.8. The van der Waals surface area contributed by atoms with Gasteiger partial charge in [0.2, 0.25) is 0 Å². The number of benzene rings is 3. The van der Waals surface area contributed by atoms with Crippen molar-refractivity contribution in [2.45, 2.75) is 0 Å². The Morgan fingerprint density at radius 3 is 1.87 bits per heavy atom. The minimum Gasteiger partial charge on any atom is -0.264 e. The molecule has 0 spiro atoms. The number of allylic oxidation sites excluding steroid dienone is 6. The van der Waals surface area contributed by atoms with Crippen LogP contribution in [0.5, 0.6) is 0 Å². The van der Waals surface area contributed by atoms with Gasteiger partial charge in [-0.2, -0.15) is 0 Å². The van der Waals surface area contributed by atoms with Crippen molar-refractivity contribution in [1.29, 1.82) is 0 Å². The molecule has 3 aromatic rings. The van der Waals surface area contributed by atoms with Crippen molar-refractivity contribution in [3.8, 4) is 11.1 Å². The van der Waals surface area contributed by atoms with Gasteiger partial charge in [0, 0.05) is 5.56 Å². The highest BCUT2D eigenvalue weighted by atomic mass is 14.7. The molecule has 0 unspecified atom stereocenters. The summed E-state index contributed by atoms with van der Waals surface area (Å²) in [7, 11) is 0. The van der Waals surface area contributed by atoms with Crippen molar-refractivity contribution in [1.82, 2.24) is 0 Å². The molecular weight excluding hydrogens is 362 g/mol. The van der Waals surface area contributed by atoms with Crippen LogP contribution in [0.4, 0.5) is 0 Å². The van der Waals surface area contributed by atoms with E-state index in [1.165, 1.54) is 0 Å². The predicted molar refractivity (Wildman–Crippen MR) is 132 cm³/mol. The van der Waals surface area contributed by atoms with Crippen LogP contribution in [0.25, 0.3) is 22.4 Å². The van der Waals surface area contributed by atoms with E-state index in [1.807, 2.05) is 78.9 Å². The first-order valence-electron chi connectivity index (χ1n) is 9.74. The first-order valence-corrected chi connectivity index (χ1v) is 9.74. The van der Waals surface area contributed by atoms with Crippen LogP contribution in [0.3, 0.4) is 0 Å². The van der Waals surface area contributed by atoms with Crippen LogP contribution >= 0.6 is 0 Å². The molecule has 3 rings (SSSR count). The van der Waals surface area contributed by atoms with Gasteiger partial charge in [0.1, 0.15) is 0 Å². The average molecular weight is 388 g/mol. The van der Waals surface area contributed by atoms with Crippen LogP contribution in [-0.4, -0.2) is 6.72 Å². The van der Waals surface area contributed by atoms with Crippen molar-refractivity contribution in [3.05, 3.63) is 145 Å². The number of hydrogen-bond donors (Lipinski definition) is 0. The molecule has 0 aromatic heterocycles. The zero-order chi connectivity index (χ0) is 21.3. The molecule has 0 heterocycles. The predicted octanol–water partition coefficient (Wildman–Crippen LogP) is 7.78. The standard InChI is InChI=1S/C29H25N/c1-5-24(25-13-8-6-9-14-25)19-22(2)23(3)20-29(30-4)28-18-12-17-27(21-28)26-15-10-7-11-16-26/h5-21H,1-4H2/b24-19+,29-20-. The summed E-state index contributed by atoms with van der Waals surface area (Å²) in [5, 5.41) is 0. The molecule has 0 amide bonds. The monoisotopic (exact) mass is 387 g/mol. The Kier molecular flexibility index (Phi) is 6.91. The molecule has 1 heteroatoms. The fourth-order valence-electron chi connectivity index (χ4n) is 3.14. The summed E-state index contributed by atoms with van der Waals surface area (Å²) in [4.78, 5) is 4.24. The van der Waals surface area contributed by atoms with Gasteiger partial charge in [-0.1, -0.05) is 105 Å². The topological polar surface area (TPSA) is 12.4 Å². The third-order valence-electron chi connectivity index (χ3n) is 4.82. The van der Waals surface area contributed by atoms with Crippen LogP contribution in [0.1, 0.15) is 11.1 Å². The van der Waals surface area contributed by atoms with E-state index >= 15 is 0 Å². The largest absolute Gasteiger partial charge is 0.264 e. The van der Waals surface area contributed by atoms with E-state index in [0.717, 1.165) is 44.7 Å². The second-order valence-electron chi connectivity index (χ2n) is 6.85. The summed E-state index contributed by atoms with van der Waals surface area (Å²) >= 11 is 0. The summed E-state index contributed by atoms with van der Waals surface area (Å²) in [6.07, 6.45) is 5.73. The van der Waals surface area contributed by atoms with Crippen molar-refractivity contribution < 1.29 is 0 Å². The van der Waals surface area contributed by atoms with E-state index in [-0.39, 0.29) is 0 Å². The molecule has 0 saturated carbocycles. The molecule has 0 radical (unpaired) electrons. The zero-order valence-corrected chi connectivity index (χ0v) is 17.1. The Morgan fingerprint density at radius 1 is 0.667 bits per heavy atom. The van der Waals surface area contributed by atoms with E-state index in [0.29, 0.717) is 0 Å². The van der Waals surface area contributed by atoms with E-state index in [9.17, 15) is 0 Å². The van der Waals surface area contributed by atoms with Gasteiger partial charge in [0.25, 0.3) is 0 Å². The number of rotatable bonds is 8. The molecule has 30 heavy (non-hydrogen) atoms. The van der Waals surface area contributed by atoms with Crippen molar-refractivity contribution in [3.63, 3.8) is 0 Å². The number of aliphatic imine (C=N–C) groups is 1. The van der Waals surface area contributed by atoms with E-state index in [4.69, 9.17) is 0 Å². The van der Waals surface area contributed by atoms with Crippen LogP contribution in [-0.2, 0) is 0 Å². The molecule has 146 valence electrons. The summed E-state index contributed by atoms with van der Waals surface area (Å²) in [6, 6.07) is 28.6. The van der Waals surface area contributed by atoms with Gasteiger partial charge < -0.3 is 0 Å². The van der Waals surface area contributed by atoms with Gasteiger partial charge in [-0.25, -0.2) is 0 Å². The Morgan fingerprint density at radius 2 is 1.23 bits per heavy atom. The molecular formula is C29H25N. The van der Waals surface area contributed by atoms with Gasteiger partial charge in [-0.05, 0) is 58.3 Å². The number of nitrogens with zero attached hydrogens (tertiary/aromatic N) is 1. The number of hydrogen-bond acceptors (Lipinski definition) is 1. The lowest BCUT2D eigenvalue weighted by Crippen LogP contribution is -1.88. The maximum atomic E-state index is 4.24. The highest BCUT2D eigenvalue weighted by Gasteiger charge is 2.05. The third-order valence-corrected chi connectivity index (χ3v) is 4.82. The lowest BCUT2D eigenvalue weighted by atomic mass is 9.98. The van der Waals surface area contributed by atoms with Crippen molar-refractivity contribution >= 4 is 18.0 Å². The molecule has 1 nitrogen and oxygen atoms in total. The van der Waals surface area contributed by atoms with Crippen LogP contribution in [0.15, 0.2) is 139 Å². The molecule has 0 atom stereocenters. The Balaban J connectivity index is 1.88. The van der Waals surface area contributed by atoms with Gasteiger partial charge in [0.05, 0.1) is 5.70 Å². The third kappa shape index (κ3) is 5.09. The van der Waals surface area contributed by atoms with E-state index < -0.39 is 0 Å². The second kappa shape index (κ2) is 9.99. The molecule has 0 aliphatic carbocycles. The highest BCUT2D eigenvalue weighted by molar-refractivity contribution is 5.79. The lowest BCUT2D eigenvalue weighted by molar-refractivity contribution is 1.48. The van der Waals surface area contributed by atoms with E-state index in [1.54, 1.807) is 0 Å². The molecule has 0 bridgehead atoms. The highest BCUT2D eigenvalue weighted by Crippen LogP contribution is 2.27. The van der Waals surface area contributed by atoms with Gasteiger partial charge in [0.15, 0.2) is 0 Å². The second-order valence-corrected chi connectivity index (χ2v) is 6.85. The summed E-state index contributed by atoms with van der Waals surface area (Å²) in [5.41, 5.74) is 7.69. The van der Waals surface area contributed by atoms with Gasteiger partial charge in [-0.3, -0.25) is 4.99 Å². The molecule has 0 aliphatic rings. The summed E-state index contributed by atoms with van der Waals surface area (Å²) < 4.78 is 0. The van der Waals surface area contributed by atoms with Crippen molar-refractivity contribution in [2.24, 2.45) is 4.99 Å². The van der Waals surface area contributed by atoms with E-state index in [2.05, 4.69) is 55.7 Å². The summed E-state index contributed by atoms with van der Waals surface area (Å²) in [5.74, 6) is 0. The fourth-order valence-corrected chi connectivity index (χ4v) is 3.14. The van der Waals surface area contributed by atoms with Crippen molar-refractivity contribution in [2.75, 3.05) is 0 Å². The van der Waals surface area contributed by atoms with Crippen LogP contribution in [0.2, 0.25) is 0 Å². The smallest absolute Gasteiger partial charge is 0.0700 e. The van der Waals surface area contributed by atoms with Gasteiger partial charge >= 0.3 is 0 Å². The fraction of sp³-hybridized carbons (Fsp3) is 0. The zero-order valence-electron chi connectivity index (χ0n) is 17.1. The molecule has 0 fully saturated rings. The Hall–Kier alpha value is -3.97. The maximum absolute atomic E-state index is 4.24. The quantitative estimate of drug-likeness (QED) is 0.276. The summed E-state index contributed by atoms with van der Waals surface area (Å²) in [6.45, 7) is 16.1. The Bertz CT molecular complexity index is 1130. The minimum absolute atomic E-state index is 0.757. The lowest BCUT2D eigenvalue weighted by Gasteiger charge is -2.09. The molecule has 0 N–H and O–H groups in total. The SMILES string of the molecule is C=C/C(=C\C(=C)C(=C)/C=C(\N=C)c1cccc(-c2ccccc2)c1)c1ccccc1. The maximum Gasteiger partial charge on any atom is 0.0700 e. The first-order chi connectivity index (χ1) is 14.6. The minimum atomic E-state index is 0.757. The molecule has 0 saturated heterocycles. The van der Waals surface area contributed by atoms with Gasteiger partial charge in [-0.15, -0.1) is 0 Å². The normalized spacial score (nSPS) is 11.6. The molecule has 3 aromatic carbocycles. The Labute approximate surface area is 179 Å². The van der Waals surface area contributed by atoms with Crippen LogP contribution < -0.4 is 0 Å². The average Bonchev–Trinajstić information content (AvgIpc) is 2.81.